The van der Waals surface area contributed by atoms with Gasteiger partial charge in [-0.2, -0.15) is 0 Å². The smallest absolute Gasteiger partial charge is 0.264 e. The topological polar surface area (TPSA) is 105 Å². The molecule has 3 rings (SSSR count). The fourth-order valence-corrected chi connectivity index (χ4v) is 5.87. The molecule has 12 heteroatoms. The van der Waals surface area contributed by atoms with E-state index in [-0.39, 0.29) is 27.9 Å². The first-order chi connectivity index (χ1) is 19.7. The quantitative estimate of drug-likeness (QED) is 0.297. The summed E-state index contributed by atoms with van der Waals surface area (Å²) < 4.78 is 39.6. The van der Waals surface area contributed by atoms with E-state index in [1.165, 1.54) is 43.4 Å². The lowest BCUT2D eigenvalue weighted by Crippen LogP contribution is -2.54. The van der Waals surface area contributed by atoms with Crippen LogP contribution in [0.2, 0.25) is 10.0 Å². The van der Waals surface area contributed by atoms with Crippen molar-refractivity contribution in [1.29, 1.82) is 0 Å². The van der Waals surface area contributed by atoms with E-state index in [0.717, 1.165) is 4.31 Å². The van der Waals surface area contributed by atoms with Crippen molar-refractivity contribution in [3.05, 3.63) is 82.3 Å². The Morgan fingerprint density at radius 3 is 2.12 bits per heavy atom. The number of methoxy groups -OCH3 is 2. The molecule has 9 nitrogen and oxygen atoms in total. The van der Waals surface area contributed by atoms with Gasteiger partial charge in [-0.3, -0.25) is 13.9 Å². The van der Waals surface area contributed by atoms with Gasteiger partial charge in [0.05, 0.1) is 34.8 Å². The number of sulfonamides is 1. The molecule has 0 bridgehead atoms. The summed E-state index contributed by atoms with van der Waals surface area (Å²) in [7, 11) is -1.35. The number of hydrogen-bond acceptors (Lipinski definition) is 6. The molecule has 0 saturated carbocycles. The fourth-order valence-electron chi connectivity index (χ4n) is 4.12. The highest BCUT2D eigenvalue weighted by Gasteiger charge is 2.33. The van der Waals surface area contributed by atoms with Crippen molar-refractivity contribution in [2.75, 3.05) is 25.1 Å². The molecule has 42 heavy (non-hydrogen) atoms. The van der Waals surface area contributed by atoms with Crippen molar-refractivity contribution >= 4 is 50.7 Å². The molecule has 1 atom stereocenters. The lowest BCUT2D eigenvalue weighted by molar-refractivity contribution is -0.140. The van der Waals surface area contributed by atoms with Crippen LogP contribution in [0.4, 0.5) is 5.69 Å². The monoisotopic (exact) mass is 635 g/mol. The fraction of sp³-hybridized carbons (Fsp3) is 0.333. The minimum atomic E-state index is -4.24. The predicted molar refractivity (Wildman–Crippen MR) is 165 cm³/mol. The Hall–Kier alpha value is -3.47. The van der Waals surface area contributed by atoms with Gasteiger partial charge in [0.2, 0.25) is 11.8 Å². The highest BCUT2D eigenvalue weighted by molar-refractivity contribution is 7.92. The summed E-state index contributed by atoms with van der Waals surface area (Å²) >= 11 is 12.3. The van der Waals surface area contributed by atoms with Gasteiger partial charge < -0.3 is 19.7 Å². The highest BCUT2D eigenvalue weighted by Crippen LogP contribution is 2.34. The summed E-state index contributed by atoms with van der Waals surface area (Å²) in [4.78, 5) is 28.6. The Morgan fingerprint density at radius 1 is 0.905 bits per heavy atom. The number of benzene rings is 3. The number of rotatable bonds is 11. The SMILES string of the molecule is COc1ccc(N(CC(=O)N(Cc2ccc(Cl)c(Cl)c2)[C@H](C)C(=O)NC(C)(C)C)S(=O)(=O)c2ccccc2)cc1OC. The number of ether oxygens (including phenoxy) is 2. The molecule has 0 aliphatic rings. The summed E-state index contributed by atoms with van der Waals surface area (Å²) in [5, 5.41) is 3.51. The first-order valence-electron chi connectivity index (χ1n) is 13.0. The van der Waals surface area contributed by atoms with Gasteiger partial charge in [0.15, 0.2) is 11.5 Å². The van der Waals surface area contributed by atoms with Crippen molar-refractivity contribution < 1.29 is 27.5 Å². The van der Waals surface area contributed by atoms with Gasteiger partial charge in [0.1, 0.15) is 12.6 Å². The number of amides is 2. The minimum Gasteiger partial charge on any atom is -0.493 e. The van der Waals surface area contributed by atoms with Crippen LogP contribution in [0.3, 0.4) is 0 Å². The number of nitrogens with zero attached hydrogens (tertiary/aromatic N) is 2. The number of carbonyl (C=O) groups is 2. The third kappa shape index (κ3) is 8.08. The molecule has 0 fully saturated rings. The molecule has 0 saturated heterocycles. The van der Waals surface area contributed by atoms with Crippen LogP contribution in [0.25, 0.3) is 0 Å². The molecule has 0 unspecified atom stereocenters. The molecule has 0 radical (unpaired) electrons. The van der Waals surface area contributed by atoms with Gasteiger partial charge >= 0.3 is 0 Å². The van der Waals surface area contributed by atoms with Crippen LogP contribution in [0.15, 0.2) is 71.6 Å². The molecule has 0 spiro atoms. The lowest BCUT2D eigenvalue weighted by Gasteiger charge is -2.33. The second kappa shape index (κ2) is 13.7. The van der Waals surface area contributed by atoms with Crippen LogP contribution in [0.1, 0.15) is 33.3 Å². The second-order valence-corrected chi connectivity index (χ2v) is 13.2. The standard InChI is InChI=1S/C30H35Cl2N3O6S/c1-20(29(37)33-30(2,3)4)34(18-21-12-14-24(31)25(32)16-21)28(36)19-35(42(38,39)23-10-8-7-9-11-23)22-13-15-26(40-5)27(17-22)41-6/h7-17,20H,18-19H2,1-6H3,(H,33,37)/t20-/m1/s1. The van der Waals surface area contributed by atoms with Crippen molar-refractivity contribution in [3.63, 3.8) is 0 Å². The van der Waals surface area contributed by atoms with Gasteiger partial charge in [0, 0.05) is 18.2 Å². The summed E-state index contributed by atoms with van der Waals surface area (Å²) in [6, 6.07) is 16.3. The molecule has 3 aromatic carbocycles. The van der Waals surface area contributed by atoms with Crippen molar-refractivity contribution in [3.8, 4) is 11.5 Å². The normalized spacial score (nSPS) is 12.3. The zero-order chi connectivity index (χ0) is 31.2. The number of nitrogens with one attached hydrogen (secondary N) is 1. The third-order valence-electron chi connectivity index (χ3n) is 6.27. The van der Waals surface area contributed by atoms with Gasteiger partial charge in [-0.05, 0) is 69.7 Å². The largest absolute Gasteiger partial charge is 0.493 e. The van der Waals surface area contributed by atoms with E-state index in [2.05, 4.69) is 5.32 Å². The number of hydrogen-bond donors (Lipinski definition) is 1. The molecule has 1 N–H and O–H groups in total. The average molecular weight is 637 g/mol. The third-order valence-corrected chi connectivity index (χ3v) is 8.79. The van der Waals surface area contributed by atoms with Crippen LogP contribution in [0, 0.1) is 0 Å². The Labute approximate surface area is 257 Å². The average Bonchev–Trinajstić information content (AvgIpc) is 2.95. The number of carbonyl (C=O) groups excluding carboxylic acids is 2. The Bertz CT molecular complexity index is 1530. The van der Waals surface area contributed by atoms with E-state index < -0.39 is 40.0 Å². The van der Waals surface area contributed by atoms with Crippen molar-refractivity contribution in [2.24, 2.45) is 0 Å². The van der Waals surface area contributed by atoms with Crippen LogP contribution in [0.5, 0.6) is 11.5 Å². The molecule has 2 amide bonds. The van der Waals surface area contributed by atoms with E-state index >= 15 is 0 Å². The van der Waals surface area contributed by atoms with E-state index in [1.54, 1.807) is 49.4 Å². The summed E-state index contributed by atoms with van der Waals surface area (Å²) in [5.41, 5.74) is 0.217. The first kappa shape index (κ1) is 33.0. The zero-order valence-corrected chi connectivity index (χ0v) is 26.7. The van der Waals surface area contributed by atoms with Crippen molar-refractivity contribution in [1.82, 2.24) is 10.2 Å². The highest BCUT2D eigenvalue weighted by atomic mass is 35.5. The van der Waals surface area contributed by atoms with Gasteiger partial charge in [-0.15, -0.1) is 0 Å². The summed E-state index contributed by atoms with van der Waals surface area (Å²) in [6.07, 6.45) is 0. The lowest BCUT2D eigenvalue weighted by atomic mass is 10.1. The maximum absolute atomic E-state index is 14.1. The first-order valence-corrected chi connectivity index (χ1v) is 15.2. The zero-order valence-electron chi connectivity index (χ0n) is 24.4. The van der Waals surface area contributed by atoms with Crippen LogP contribution in [-0.4, -0.2) is 57.5 Å². The molecule has 3 aromatic rings. The van der Waals surface area contributed by atoms with Crippen molar-refractivity contribution in [2.45, 2.75) is 50.7 Å². The molecule has 226 valence electrons. The van der Waals surface area contributed by atoms with Crippen LogP contribution in [-0.2, 0) is 26.2 Å². The van der Waals surface area contributed by atoms with E-state index in [9.17, 15) is 18.0 Å². The molecule has 0 aliphatic carbocycles. The molecular formula is C30H35Cl2N3O6S. The summed E-state index contributed by atoms with van der Waals surface area (Å²) in [5.74, 6) is -0.355. The molecule has 0 heterocycles. The van der Waals surface area contributed by atoms with Gasteiger partial charge in [0.25, 0.3) is 10.0 Å². The maximum Gasteiger partial charge on any atom is 0.264 e. The Morgan fingerprint density at radius 2 is 1.55 bits per heavy atom. The molecular weight excluding hydrogens is 601 g/mol. The molecule has 0 aromatic heterocycles. The Balaban J connectivity index is 2.10. The van der Waals surface area contributed by atoms with E-state index in [4.69, 9.17) is 32.7 Å². The Kier molecular flexibility index (Phi) is 10.8. The van der Waals surface area contributed by atoms with Gasteiger partial charge in [-0.25, -0.2) is 8.42 Å². The minimum absolute atomic E-state index is 0.0119. The van der Waals surface area contributed by atoms with E-state index in [0.29, 0.717) is 16.3 Å². The van der Waals surface area contributed by atoms with E-state index in [1.807, 2.05) is 20.8 Å². The maximum atomic E-state index is 14.1. The summed E-state index contributed by atoms with van der Waals surface area (Å²) in [6.45, 7) is 6.43. The second-order valence-electron chi connectivity index (χ2n) is 10.5. The van der Waals surface area contributed by atoms with Crippen LogP contribution < -0.4 is 19.1 Å². The molecule has 0 aliphatic heterocycles. The van der Waals surface area contributed by atoms with Gasteiger partial charge in [-0.1, -0.05) is 47.5 Å². The number of halogens is 2. The predicted octanol–water partition coefficient (Wildman–Crippen LogP) is 5.54. The number of anilines is 1. The van der Waals surface area contributed by atoms with Crippen LogP contribution >= 0.6 is 23.2 Å².